The molecular weight excluding hydrogens is 286 g/mol. The first-order valence-corrected chi connectivity index (χ1v) is 7.17. The maximum Gasteiger partial charge on any atom is 0.120 e. The summed E-state index contributed by atoms with van der Waals surface area (Å²) in [5, 5.41) is 19.1. The number of nitriles is 1. The van der Waals surface area contributed by atoms with Gasteiger partial charge in [0.2, 0.25) is 0 Å². The lowest BCUT2D eigenvalue weighted by molar-refractivity contribution is 0.180. The van der Waals surface area contributed by atoms with Crippen LogP contribution in [0.15, 0.2) is 36.4 Å². The lowest BCUT2D eigenvalue weighted by atomic mass is 10.1. The fourth-order valence-corrected chi connectivity index (χ4v) is 2.79. The predicted molar refractivity (Wildman–Crippen MR) is 80.2 cm³/mol. The third-order valence-corrected chi connectivity index (χ3v) is 4.09. The Hall–Kier alpha value is -2.02. The van der Waals surface area contributed by atoms with Gasteiger partial charge >= 0.3 is 0 Å². The number of aryl methyl sites for hydroxylation is 1. The monoisotopic (exact) mass is 299 g/mol. The van der Waals surface area contributed by atoms with Crippen molar-refractivity contribution in [1.82, 2.24) is 0 Å². The topological polar surface area (TPSA) is 53.2 Å². The molecule has 1 atom stereocenters. The Morgan fingerprint density at radius 1 is 1.29 bits per heavy atom. The van der Waals surface area contributed by atoms with Crippen molar-refractivity contribution in [3.8, 4) is 11.8 Å². The molecule has 2 aromatic carbocycles. The Morgan fingerprint density at radius 2 is 2.14 bits per heavy atom. The number of aliphatic hydroxyl groups is 1. The van der Waals surface area contributed by atoms with Gasteiger partial charge in [-0.05, 0) is 48.2 Å². The summed E-state index contributed by atoms with van der Waals surface area (Å²) in [4.78, 5) is 0. The molecule has 0 bridgehead atoms. The van der Waals surface area contributed by atoms with Gasteiger partial charge in [-0.2, -0.15) is 5.26 Å². The van der Waals surface area contributed by atoms with Gasteiger partial charge in [-0.25, -0.2) is 0 Å². The van der Waals surface area contributed by atoms with Crippen molar-refractivity contribution in [3.05, 3.63) is 63.7 Å². The highest BCUT2D eigenvalue weighted by molar-refractivity contribution is 6.31. The summed E-state index contributed by atoms with van der Waals surface area (Å²) in [5.41, 5.74) is 3.52. The summed E-state index contributed by atoms with van der Waals surface area (Å²) in [6.07, 6.45) is 1.31. The van der Waals surface area contributed by atoms with Crippen molar-refractivity contribution in [2.75, 3.05) is 0 Å². The zero-order valence-electron chi connectivity index (χ0n) is 11.3. The van der Waals surface area contributed by atoms with Crippen molar-refractivity contribution < 1.29 is 9.84 Å². The maximum absolute atomic E-state index is 9.78. The average Bonchev–Trinajstić information content (AvgIpc) is 2.87. The van der Waals surface area contributed by atoms with Crippen LogP contribution in [0.4, 0.5) is 0 Å². The average molecular weight is 300 g/mol. The van der Waals surface area contributed by atoms with Crippen LogP contribution in [0.3, 0.4) is 0 Å². The van der Waals surface area contributed by atoms with E-state index >= 15 is 0 Å². The van der Waals surface area contributed by atoms with Crippen molar-refractivity contribution >= 4 is 11.6 Å². The molecule has 0 saturated heterocycles. The first-order valence-electron chi connectivity index (χ1n) is 6.79. The summed E-state index contributed by atoms with van der Waals surface area (Å²) in [6.45, 7) is 0.353. The standard InChI is InChI=1S/C17H14ClNO2/c18-16-7-11(9-19)1-2-13(16)10-21-14-4-5-15-12(8-14)3-6-17(15)20/h1-2,4-5,7-8,17,20H,3,6,10H2. The fraction of sp³-hybridized carbons (Fsp3) is 0.235. The number of rotatable bonds is 3. The van der Waals surface area contributed by atoms with E-state index in [9.17, 15) is 5.11 Å². The number of nitrogens with zero attached hydrogens (tertiary/aromatic N) is 1. The van der Waals surface area contributed by atoms with E-state index in [2.05, 4.69) is 6.07 Å². The molecule has 3 rings (SSSR count). The molecule has 1 aliphatic rings. The summed E-state index contributed by atoms with van der Waals surface area (Å²) in [6, 6.07) is 13.0. The Balaban J connectivity index is 1.72. The van der Waals surface area contributed by atoms with Gasteiger partial charge in [0.1, 0.15) is 12.4 Å². The molecule has 1 unspecified atom stereocenters. The number of hydrogen-bond acceptors (Lipinski definition) is 3. The first kappa shape index (κ1) is 13.9. The molecule has 4 heteroatoms. The van der Waals surface area contributed by atoms with Crippen LogP contribution < -0.4 is 4.74 Å². The van der Waals surface area contributed by atoms with Crippen LogP contribution in [0.1, 0.15) is 34.8 Å². The van der Waals surface area contributed by atoms with Crippen molar-refractivity contribution in [2.24, 2.45) is 0 Å². The van der Waals surface area contributed by atoms with Crippen LogP contribution in [0, 0.1) is 11.3 Å². The van der Waals surface area contributed by atoms with E-state index < -0.39 is 0 Å². The first-order chi connectivity index (χ1) is 10.2. The Bertz CT molecular complexity index is 721. The minimum atomic E-state index is -0.345. The number of hydrogen-bond donors (Lipinski definition) is 1. The van der Waals surface area contributed by atoms with E-state index in [-0.39, 0.29) is 6.10 Å². The van der Waals surface area contributed by atoms with Gasteiger partial charge in [0.25, 0.3) is 0 Å². The minimum Gasteiger partial charge on any atom is -0.489 e. The quantitative estimate of drug-likeness (QED) is 0.938. The second-order valence-electron chi connectivity index (χ2n) is 5.12. The molecule has 21 heavy (non-hydrogen) atoms. The van der Waals surface area contributed by atoms with Gasteiger partial charge in [-0.1, -0.05) is 23.7 Å². The molecular formula is C17H14ClNO2. The minimum absolute atomic E-state index is 0.345. The van der Waals surface area contributed by atoms with Gasteiger partial charge in [-0.15, -0.1) is 0 Å². The lowest BCUT2D eigenvalue weighted by Crippen LogP contribution is -1.98. The third-order valence-electron chi connectivity index (χ3n) is 3.74. The van der Waals surface area contributed by atoms with Crippen molar-refractivity contribution in [3.63, 3.8) is 0 Å². The van der Waals surface area contributed by atoms with Gasteiger partial charge in [-0.3, -0.25) is 0 Å². The van der Waals surface area contributed by atoms with Gasteiger partial charge < -0.3 is 9.84 Å². The van der Waals surface area contributed by atoms with E-state index in [1.165, 1.54) is 0 Å². The molecule has 106 valence electrons. The molecule has 0 radical (unpaired) electrons. The molecule has 0 saturated carbocycles. The molecule has 0 amide bonds. The zero-order chi connectivity index (χ0) is 14.8. The van der Waals surface area contributed by atoms with Crippen LogP contribution in [0.25, 0.3) is 0 Å². The predicted octanol–water partition coefficient (Wildman–Crippen LogP) is 3.77. The van der Waals surface area contributed by atoms with Gasteiger partial charge in [0.15, 0.2) is 0 Å². The summed E-state index contributed by atoms with van der Waals surface area (Å²) < 4.78 is 5.76. The molecule has 0 aliphatic heterocycles. The fourth-order valence-electron chi connectivity index (χ4n) is 2.56. The SMILES string of the molecule is N#Cc1ccc(COc2ccc3c(c2)CCC3O)c(Cl)c1. The lowest BCUT2D eigenvalue weighted by Gasteiger charge is -2.10. The normalized spacial score (nSPS) is 16.3. The number of halogens is 1. The number of fused-ring (bicyclic) bond motifs is 1. The third kappa shape index (κ3) is 2.87. The zero-order valence-corrected chi connectivity index (χ0v) is 12.1. The molecule has 0 fully saturated rings. The smallest absolute Gasteiger partial charge is 0.120 e. The van der Waals surface area contributed by atoms with Gasteiger partial charge in [0.05, 0.1) is 17.7 Å². The van der Waals surface area contributed by atoms with Crippen molar-refractivity contribution in [2.45, 2.75) is 25.6 Å². The summed E-state index contributed by atoms with van der Waals surface area (Å²) in [7, 11) is 0. The highest BCUT2D eigenvalue weighted by Gasteiger charge is 2.20. The van der Waals surface area contributed by atoms with Crippen molar-refractivity contribution in [1.29, 1.82) is 5.26 Å². The molecule has 3 nitrogen and oxygen atoms in total. The Morgan fingerprint density at radius 3 is 2.90 bits per heavy atom. The van der Waals surface area contributed by atoms with Crippen LogP contribution in [0.5, 0.6) is 5.75 Å². The van der Waals surface area contributed by atoms with Crippen LogP contribution in [-0.2, 0) is 13.0 Å². The largest absolute Gasteiger partial charge is 0.489 e. The molecule has 1 N–H and O–H groups in total. The van der Waals surface area contributed by atoms with Crippen LogP contribution in [0.2, 0.25) is 5.02 Å². The maximum atomic E-state index is 9.78. The molecule has 0 spiro atoms. The number of ether oxygens (including phenoxy) is 1. The molecule has 2 aromatic rings. The van der Waals surface area contributed by atoms with Gasteiger partial charge in [0, 0.05) is 10.6 Å². The molecule has 1 aliphatic carbocycles. The molecule has 0 heterocycles. The Kier molecular flexibility index (Phi) is 3.83. The number of aliphatic hydroxyl groups excluding tert-OH is 1. The van der Waals surface area contributed by atoms with E-state index in [0.29, 0.717) is 17.2 Å². The number of benzene rings is 2. The second-order valence-corrected chi connectivity index (χ2v) is 5.53. The second kappa shape index (κ2) is 5.77. The van der Waals surface area contributed by atoms with E-state index in [4.69, 9.17) is 21.6 Å². The molecule has 0 aromatic heterocycles. The highest BCUT2D eigenvalue weighted by Crippen LogP contribution is 2.33. The van der Waals surface area contributed by atoms with E-state index in [1.807, 2.05) is 18.2 Å². The van der Waals surface area contributed by atoms with E-state index in [1.54, 1.807) is 18.2 Å². The highest BCUT2D eigenvalue weighted by atomic mass is 35.5. The summed E-state index contributed by atoms with van der Waals surface area (Å²) in [5.74, 6) is 0.767. The Labute approximate surface area is 128 Å². The van der Waals surface area contributed by atoms with Crippen LogP contribution >= 0.6 is 11.6 Å². The van der Waals surface area contributed by atoms with E-state index in [0.717, 1.165) is 35.3 Å². The summed E-state index contributed by atoms with van der Waals surface area (Å²) >= 11 is 6.12. The van der Waals surface area contributed by atoms with Crippen LogP contribution in [-0.4, -0.2) is 5.11 Å².